The molecule has 1 radical (unpaired) electrons. The molecule has 0 spiro atoms. The van der Waals surface area contributed by atoms with Crippen LogP contribution in [0.15, 0.2) is 24.3 Å². The molecule has 0 N–H and O–H groups in total. The Labute approximate surface area is 75.0 Å². The Bertz CT molecular complexity index is 216. The number of hydrogen-bond donors (Lipinski definition) is 0. The van der Waals surface area contributed by atoms with Crippen LogP contribution in [0.4, 0.5) is 0 Å². The Morgan fingerprint density at radius 1 is 1.50 bits per heavy atom. The number of hydrogen-bond acceptors (Lipinski definition) is 1. The largest absolute Gasteiger partial charge is 0.300 e. The first-order valence-electron chi connectivity index (χ1n) is 4.35. The molecule has 0 aliphatic heterocycles. The van der Waals surface area contributed by atoms with E-state index in [1.807, 2.05) is 18.2 Å². The van der Waals surface area contributed by atoms with Gasteiger partial charge in [-0.1, -0.05) is 18.2 Å². The van der Waals surface area contributed by atoms with Crippen LogP contribution in [-0.4, -0.2) is 18.0 Å². The lowest BCUT2D eigenvalue weighted by atomic mass is 10.2. The molecule has 0 aromatic heterocycles. The van der Waals surface area contributed by atoms with Crippen molar-refractivity contribution in [3.63, 3.8) is 0 Å². The fourth-order valence-corrected chi connectivity index (χ4v) is 0.999. The van der Waals surface area contributed by atoms with Gasteiger partial charge in [-0.05, 0) is 38.6 Å². The van der Waals surface area contributed by atoms with Crippen molar-refractivity contribution >= 4 is 0 Å². The summed E-state index contributed by atoms with van der Waals surface area (Å²) in [5.41, 5.74) is 1.33. The summed E-state index contributed by atoms with van der Waals surface area (Å²) < 4.78 is 0. The van der Waals surface area contributed by atoms with Gasteiger partial charge in [-0.2, -0.15) is 0 Å². The Morgan fingerprint density at radius 2 is 2.25 bits per heavy atom. The highest BCUT2D eigenvalue weighted by atomic mass is 15.1. The number of benzene rings is 1. The highest BCUT2D eigenvalue weighted by Crippen LogP contribution is 2.04. The summed E-state index contributed by atoms with van der Waals surface area (Å²) in [5, 5.41) is 0. The van der Waals surface area contributed by atoms with Crippen LogP contribution in [0.1, 0.15) is 19.4 Å². The molecule has 1 aromatic carbocycles. The smallest absolute Gasteiger partial charge is 0.0233 e. The Hall–Kier alpha value is -0.820. The highest BCUT2D eigenvalue weighted by Gasteiger charge is 2.02. The average molecular weight is 162 g/mol. The molecule has 0 saturated heterocycles. The zero-order chi connectivity index (χ0) is 8.97. The molecule has 0 heterocycles. The van der Waals surface area contributed by atoms with Gasteiger partial charge >= 0.3 is 0 Å². The summed E-state index contributed by atoms with van der Waals surface area (Å²) >= 11 is 0. The van der Waals surface area contributed by atoms with Gasteiger partial charge in [0.25, 0.3) is 0 Å². The van der Waals surface area contributed by atoms with Gasteiger partial charge in [-0.15, -0.1) is 0 Å². The molecule has 12 heavy (non-hydrogen) atoms. The van der Waals surface area contributed by atoms with Gasteiger partial charge in [0, 0.05) is 12.6 Å². The van der Waals surface area contributed by atoms with Gasteiger partial charge in [0.05, 0.1) is 0 Å². The Kier molecular flexibility index (Phi) is 3.30. The minimum absolute atomic E-state index is 0.602. The van der Waals surface area contributed by atoms with Crippen LogP contribution in [0.5, 0.6) is 0 Å². The lowest BCUT2D eigenvalue weighted by molar-refractivity contribution is 0.266. The van der Waals surface area contributed by atoms with Crippen LogP contribution < -0.4 is 0 Å². The maximum atomic E-state index is 3.08. The maximum Gasteiger partial charge on any atom is 0.0233 e. The van der Waals surface area contributed by atoms with Gasteiger partial charge in [0.15, 0.2) is 0 Å². The van der Waals surface area contributed by atoms with Crippen molar-refractivity contribution in [1.82, 2.24) is 4.90 Å². The molecular formula is C11H16N. The van der Waals surface area contributed by atoms with Gasteiger partial charge in [-0.3, -0.25) is 4.90 Å². The van der Waals surface area contributed by atoms with Gasteiger partial charge < -0.3 is 0 Å². The van der Waals surface area contributed by atoms with Crippen LogP contribution in [0, 0.1) is 6.07 Å². The standard InChI is InChI=1S/C11H16N/c1-10(2)12(3)9-11-7-5-4-6-8-11/h4-5,7-8,10H,9H2,1-3H3. The number of rotatable bonds is 3. The van der Waals surface area contributed by atoms with Crippen LogP contribution in [0.25, 0.3) is 0 Å². The first-order chi connectivity index (χ1) is 5.70. The molecule has 0 saturated carbocycles. The van der Waals surface area contributed by atoms with Crippen LogP contribution in [-0.2, 0) is 6.54 Å². The minimum atomic E-state index is 0.602. The van der Waals surface area contributed by atoms with E-state index in [0.29, 0.717) is 6.04 Å². The van der Waals surface area contributed by atoms with E-state index in [-0.39, 0.29) is 0 Å². The lowest BCUT2D eigenvalue weighted by Crippen LogP contribution is -2.25. The van der Waals surface area contributed by atoms with E-state index >= 15 is 0 Å². The molecule has 0 amide bonds. The molecule has 0 bridgehead atoms. The monoisotopic (exact) mass is 162 g/mol. The predicted octanol–water partition coefficient (Wildman–Crippen LogP) is 2.33. The molecule has 65 valence electrons. The van der Waals surface area contributed by atoms with E-state index in [0.717, 1.165) is 6.54 Å². The number of nitrogens with zero attached hydrogens (tertiary/aromatic N) is 1. The fraction of sp³-hybridized carbons (Fsp3) is 0.455. The quantitative estimate of drug-likeness (QED) is 0.659. The van der Waals surface area contributed by atoms with E-state index in [4.69, 9.17) is 0 Å². The van der Waals surface area contributed by atoms with Gasteiger partial charge in [0.1, 0.15) is 0 Å². The lowest BCUT2D eigenvalue weighted by Gasteiger charge is -2.20. The molecule has 1 heteroatoms. The third kappa shape index (κ3) is 2.67. The van der Waals surface area contributed by atoms with E-state index in [1.165, 1.54) is 5.56 Å². The van der Waals surface area contributed by atoms with Crippen molar-refractivity contribution in [3.8, 4) is 0 Å². The average Bonchev–Trinajstić information content (AvgIpc) is 2.06. The summed E-state index contributed by atoms with van der Waals surface area (Å²) in [6.07, 6.45) is 0. The van der Waals surface area contributed by atoms with Crippen molar-refractivity contribution in [2.24, 2.45) is 0 Å². The molecule has 1 nitrogen and oxygen atoms in total. The first kappa shape index (κ1) is 9.27. The van der Waals surface area contributed by atoms with Crippen molar-refractivity contribution in [1.29, 1.82) is 0 Å². The molecule has 1 rings (SSSR count). The molecule has 0 atom stereocenters. The maximum absolute atomic E-state index is 3.08. The van der Waals surface area contributed by atoms with E-state index < -0.39 is 0 Å². The second kappa shape index (κ2) is 4.27. The highest BCUT2D eigenvalue weighted by molar-refractivity contribution is 5.13. The van der Waals surface area contributed by atoms with Crippen molar-refractivity contribution in [2.75, 3.05) is 7.05 Å². The van der Waals surface area contributed by atoms with Crippen LogP contribution in [0.2, 0.25) is 0 Å². The molecular weight excluding hydrogens is 146 g/mol. The third-order valence-electron chi connectivity index (χ3n) is 2.09. The first-order valence-corrected chi connectivity index (χ1v) is 4.35. The van der Waals surface area contributed by atoms with E-state index in [9.17, 15) is 0 Å². The Balaban J connectivity index is 2.53. The molecule has 0 fully saturated rings. The summed E-state index contributed by atoms with van der Waals surface area (Å²) in [7, 11) is 2.14. The normalized spacial score (nSPS) is 11.1. The zero-order valence-electron chi connectivity index (χ0n) is 8.04. The molecule has 0 unspecified atom stereocenters. The fourth-order valence-electron chi connectivity index (χ4n) is 0.999. The second-order valence-electron chi connectivity index (χ2n) is 3.42. The summed E-state index contributed by atoms with van der Waals surface area (Å²) in [6, 6.07) is 11.8. The van der Waals surface area contributed by atoms with Crippen molar-refractivity contribution < 1.29 is 0 Å². The van der Waals surface area contributed by atoms with E-state index in [2.05, 4.69) is 37.9 Å². The van der Waals surface area contributed by atoms with Crippen LogP contribution in [0.3, 0.4) is 0 Å². The SMILES string of the molecule is CC(C)N(C)Cc1c[c]ccc1. The minimum Gasteiger partial charge on any atom is -0.300 e. The molecule has 0 aliphatic rings. The van der Waals surface area contributed by atoms with Crippen molar-refractivity contribution in [3.05, 3.63) is 35.9 Å². The Morgan fingerprint density at radius 3 is 2.75 bits per heavy atom. The topological polar surface area (TPSA) is 3.24 Å². The molecule has 0 aliphatic carbocycles. The van der Waals surface area contributed by atoms with E-state index in [1.54, 1.807) is 0 Å². The third-order valence-corrected chi connectivity index (χ3v) is 2.09. The van der Waals surface area contributed by atoms with Crippen molar-refractivity contribution in [2.45, 2.75) is 26.4 Å². The molecule has 1 aromatic rings. The van der Waals surface area contributed by atoms with Gasteiger partial charge in [-0.25, -0.2) is 0 Å². The summed E-state index contributed by atoms with van der Waals surface area (Å²) in [6.45, 7) is 5.41. The summed E-state index contributed by atoms with van der Waals surface area (Å²) in [4.78, 5) is 2.31. The van der Waals surface area contributed by atoms with Gasteiger partial charge in [0.2, 0.25) is 0 Å². The zero-order valence-corrected chi connectivity index (χ0v) is 8.04. The summed E-state index contributed by atoms with van der Waals surface area (Å²) in [5.74, 6) is 0. The van der Waals surface area contributed by atoms with Crippen LogP contribution >= 0.6 is 0 Å². The predicted molar refractivity (Wildman–Crippen MR) is 51.9 cm³/mol. The second-order valence-corrected chi connectivity index (χ2v) is 3.42.